The monoisotopic (exact) mass is 270 g/mol. The van der Waals surface area contributed by atoms with Gasteiger partial charge in [-0.3, -0.25) is 0 Å². The van der Waals surface area contributed by atoms with Gasteiger partial charge in [-0.05, 0) is 54.8 Å². The first-order chi connectivity index (χ1) is 9.72. The van der Waals surface area contributed by atoms with Crippen LogP contribution in [-0.4, -0.2) is 13.1 Å². The lowest BCUT2D eigenvalue weighted by Crippen LogP contribution is -2.15. The van der Waals surface area contributed by atoms with Crippen molar-refractivity contribution in [3.05, 3.63) is 59.9 Å². The number of hydrogen-bond acceptors (Lipinski definition) is 2. The lowest BCUT2D eigenvalue weighted by Gasteiger charge is -2.19. The number of nitrogens with zero attached hydrogens (tertiary/aromatic N) is 1. The van der Waals surface area contributed by atoms with Crippen LogP contribution in [0.4, 0.5) is 15.8 Å². The first kappa shape index (κ1) is 13.1. The van der Waals surface area contributed by atoms with Crippen molar-refractivity contribution < 1.29 is 4.39 Å². The Morgan fingerprint density at radius 3 is 2.10 bits per heavy atom. The van der Waals surface area contributed by atoms with Crippen LogP contribution in [0.15, 0.2) is 48.5 Å². The topological polar surface area (TPSA) is 15.3 Å². The van der Waals surface area contributed by atoms with Crippen LogP contribution >= 0.6 is 0 Å². The second-order valence-corrected chi connectivity index (χ2v) is 5.36. The van der Waals surface area contributed by atoms with E-state index in [4.69, 9.17) is 0 Å². The average Bonchev–Trinajstić information content (AvgIpc) is 3.30. The van der Waals surface area contributed by atoms with E-state index < -0.39 is 0 Å². The molecule has 0 amide bonds. The first-order valence-electron chi connectivity index (χ1n) is 7.04. The van der Waals surface area contributed by atoms with Crippen molar-refractivity contribution in [2.24, 2.45) is 0 Å². The van der Waals surface area contributed by atoms with E-state index in [2.05, 4.69) is 34.5 Å². The minimum Gasteiger partial charge on any atom is -0.345 e. The summed E-state index contributed by atoms with van der Waals surface area (Å²) < 4.78 is 12.9. The Kier molecular flexibility index (Phi) is 3.70. The molecule has 0 aromatic heterocycles. The largest absolute Gasteiger partial charge is 0.345 e. The SMILES string of the molecule is CN(c1ccc(F)cc1)c1ccc(CNC2CC2)cc1. The highest BCUT2D eigenvalue weighted by atomic mass is 19.1. The minimum absolute atomic E-state index is 0.205. The van der Waals surface area contributed by atoms with Crippen molar-refractivity contribution in [2.75, 3.05) is 11.9 Å². The molecule has 0 atom stereocenters. The van der Waals surface area contributed by atoms with Crippen LogP contribution < -0.4 is 10.2 Å². The Balaban J connectivity index is 1.67. The van der Waals surface area contributed by atoms with Crippen LogP contribution in [0, 0.1) is 5.82 Å². The van der Waals surface area contributed by atoms with E-state index >= 15 is 0 Å². The van der Waals surface area contributed by atoms with Crippen LogP contribution in [0.1, 0.15) is 18.4 Å². The highest BCUT2D eigenvalue weighted by molar-refractivity contribution is 5.62. The molecule has 1 saturated carbocycles. The number of rotatable bonds is 5. The second-order valence-electron chi connectivity index (χ2n) is 5.36. The molecule has 1 N–H and O–H groups in total. The summed E-state index contributed by atoms with van der Waals surface area (Å²) in [5.41, 5.74) is 3.38. The molecule has 1 aliphatic rings. The fraction of sp³-hybridized carbons (Fsp3) is 0.294. The van der Waals surface area contributed by atoms with Gasteiger partial charge in [0.25, 0.3) is 0 Å². The van der Waals surface area contributed by atoms with Gasteiger partial charge in [0.05, 0.1) is 0 Å². The highest BCUT2D eigenvalue weighted by Gasteiger charge is 2.19. The first-order valence-corrected chi connectivity index (χ1v) is 7.04. The van der Waals surface area contributed by atoms with Crippen molar-refractivity contribution in [1.82, 2.24) is 5.32 Å². The van der Waals surface area contributed by atoms with Gasteiger partial charge in [-0.25, -0.2) is 4.39 Å². The van der Waals surface area contributed by atoms with E-state index in [-0.39, 0.29) is 5.82 Å². The quantitative estimate of drug-likeness (QED) is 0.888. The minimum atomic E-state index is -0.205. The van der Waals surface area contributed by atoms with Crippen LogP contribution in [0.3, 0.4) is 0 Å². The van der Waals surface area contributed by atoms with E-state index in [9.17, 15) is 4.39 Å². The van der Waals surface area contributed by atoms with Crippen LogP contribution in [0.5, 0.6) is 0 Å². The normalized spacial score (nSPS) is 14.3. The fourth-order valence-corrected chi connectivity index (χ4v) is 2.20. The smallest absolute Gasteiger partial charge is 0.123 e. The summed E-state index contributed by atoms with van der Waals surface area (Å²) in [5.74, 6) is -0.205. The van der Waals surface area contributed by atoms with E-state index in [0.717, 1.165) is 24.0 Å². The molecule has 1 fully saturated rings. The molecule has 0 saturated heterocycles. The van der Waals surface area contributed by atoms with Gasteiger partial charge in [0.2, 0.25) is 0 Å². The molecular weight excluding hydrogens is 251 g/mol. The van der Waals surface area contributed by atoms with Gasteiger partial charge in [-0.1, -0.05) is 12.1 Å². The van der Waals surface area contributed by atoms with Crippen molar-refractivity contribution in [2.45, 2.75) is 25.4 Å². The molecule has 3 heteroatoms. The molecule has 0 aliphatic heterocycles. The van der Waals surface area contributed by atoms with Crippen molar-refractivity contribution in [3.8, 4) is 0 Å². The van der Waals surface area contributed by atoms with Crippen LogP contribution in [0.25, 0.3) is 0 Å². The summed E-state index contributed by atoms with van der Waals surface area (Å²) in [6.07, 6.45) is 2.62. The Hall–Kier alpha value is -1.87. The fourth-order valence-electron chi connectivity index (χ4n) is 2.20. The molecule has 0 spiro atoms. The molecule has 1 aliphatic carbocycles. The van der Waals surface area contributed by atoms with Crippen LogP contribution in [-0.2, 0) is 6.54 Å². The zero-order valence-corrected chi connectivity index (χ0v) is 11.6. The van der Waals surface area contributed by atoms with Gasteiger partial charge in [-0.2, -0.15) is 0 Å². The lowest BCUT2D eigenvalue weighted by molar-refractivity contribution is 0.628. The third-order valence-corrected chi connectivity index (χ3v) is 3.71. The number of nitrogens with one attached hydrogen (secondary N) is 1. The van der Waals surface area contributed by atoms with E-state index in [1.54, 1.807) is 12.1 Å². The maximum absolute atomic E-state index is 12.9. The summed E-state index contributed by atoms with van der Waals surface area (Å²) in [6.45, 7) is 0.936. The van der Waals surface area contributed by atoms with Gasteiger partial charge >= 0.3 is 0 Å². The average molecular weight is 270 g/mol. The van der Waals surface area contributed by atoms with Gasteiger partial charge in [0.15, 0.2) is 0 Å². The predicted molar refractivity (Wildman–Crippen MR) is 80.8 cm³/mol. The summed E-state index contributed by atoms with van der Waals surface area (Å²) in [4.78, 5) is 2.05. The number of benzene rings is 2. The molecule has 2 aromatic carbocycles. The van der Waals surface area contributed by atoms with Gasteiger partial charge in [0.1, 0.15) is 5.82 Å². The molecule has 0 bridgehead atoms. The molecule has 104 valence electrons. The Bertz CT molecular complexity index is 559. The Labute approximate surface area is 119 Å². The molecular formula is C17H19FN2. The zero-order valence-electron chi connectivity index (χ0n) is 11.6. The number of hydrogen-bond donors (Lipinski definition) is 1. The van der Waals surface area contributed by atoms with E-state index in [0.29, 0.717) is 0 Å². The third kappa shape index (κ3) is 3.17. The van der Waals surface area contributed by atoms with Crippen LogP contribution in [0.2, 0.25) is 0 Å². The maximum atomic E-state index is 12.9. The molecule has 2 nitrogen and oxygen atoms in total. The Morgan fingerprint density at radius 2 is 1.55 bits per heavy atom. The zero-order chi connectivity index (χ0) is 13.9. The summed E-state index contributed by atoms with van der Waals surface area (Å²) in [6, 6.07) is 15.8. The molecule has 20 heavy (non-hydrogen) atoms. The summed E-state index contributed by atoms with van der Waals surface area (Å²) in [7, 11) is 1.99. The number of halogens is 1. The molecule has 3 rings (SSSR count). The van der Waals surface area contributed by atoms with Gasteiger partial charge in [-0.15, -0.1) is 0 Å². The van der Waals surface area contributed by atoms with Crippen molar-refractivity contribution in [1.29, 1.82) is 0 Å². The predicted octanol–water partition coefficient (Wildman–Crippen LogP) is 3.85. The summed E-state index contributed by atoms with van der Waals surface area (Å²) >= 11 is 0. The third-order valence-electron chi connectivity index (χ3n) is 3.71. The highest BCUT2D eigenvalue weighted by Crippen LogP contribution is 2.24. The van der Waals surface area contributed by atoms with E-state index in [1.165, 1.54) is 30.5 Å². The lowest BCUT2D eigenvalue weighted by atomic mass is 10.2. The second kappa shape index (κ2) is 5.63. The van der Waals surface area contributed by atoms with Crippen molar-refractivity contribution >= 4 is 11.4 Å². The maximum Gasteiger partial charge on any atom is 0.123 e. The van der Waals surface area contributed by atoms with Crippen molar-refractivity contribution in [3.63, 3.8) is 0 Å². The van der Waals surface area contributed by atoms with Gasteiger partial charge in [0, 0.05) is 31.0 Å². The molecule has 0 heterocycles. The molecule has 0 unspecified atom stereocenters. The Morgan fingerprint density at radius 1 is 1.00 bits per heavy atom. The summed E-state index contributed by atoms with van der Waals surface area (Å²) in [5, 5.41) is 3.50. The molecule has 0 radical (unpaired) electrons. The standard InChI is InChI=1S/C17H19FN2/c1-20(17-10-4-14(18)5-11-17)16-8-2-13(3-9-16)12-19-15-6-7-15/h2-5,8-11,15,19H,6-7,12H2,1H3. The van der Waals surface area contributed by atoms with E-state index in [1.807, 2.05) is 7.05 Å². The van der Waals surface area contributed by atoms with Gasteiger partial charge < -0.3 is 10.2 Å². The molecule has 2 aromatic rings. The number of anilines is 2.